The van der Waals surface area contributed by atoms with Crippen LogP contribution in [0.3, 0.4) is 0 Å². The molecule has 1 saturated heterocycles. The molecule has 1 atom stereocenters. The van der Waals surface area contributed by atoms with Crippen molar-refractivity contribution in [1.29, 1.82) is 0 Å². The fraction of sp³-hybridized carbons (Fsp3) is 1.00. The van der Waals surface area contributed by atoms with Crippen LogP contribution in [0.4, 0.5) is 0 Å². The normalized spacial score (nSPS) is 31.1. The Labute approximate surface area is 86.1 Å². The van der Waals surface area contributed by atoms with Gasteiger partial charge in [0.1, 0.15) is 0 Å². The second-order valence-corrected chi connectivity index (χ2v) is 5.16. The summed E-state index contributed by atoms with van der Waals surface area (Å²) in [7, 11) is 0. The Morgan fingerprint density at radius 1 is 1.43 bits per heavy atom. The van der Waals surface area contributed by atoms with E-state index in [0.717, 1.165) is 38.8 Å². The molecular formula is C11H22N2O. The van der Waals surface area contributed by atoms with E-state index in [1.807, 2.05) is 6.92 Å². The first kappa shape index (κ1) is 10.4. The Hall–Kier alpha value is -0.120. The minimum Gasteiger partial charge on any atom is -0.389 e. The smallest absolute Gasteiger partial charge is 0.0716 e. The molecule has 3 nitrogen and oxygen atoms in total. The summed E-state index contributed by atoms with van der Waals surface area (Å²) >= 11 is 0. The van der Waals surface area contributed by atoms with Crippen molar-refractivity contribution in [2.45, 2.75) is 38.2 Å². The standard InChI is InChI=1S/C11H22N2O/c1-10(14,11(8-12)4-5-11)9-2-6-13-7-3-9/h9,13-14H,2-8,12H2,1H3. The van der Waals surface area contributed by atoms with Gasteiger partial charge in [-0.25, -0.2) is 0 Å². The molecule has 82 valence electrons. The van der Waals surface area contributed by atoms with E-state index in [0.29, 0.717) is 12.5 Å². The minimum atomic E-state index is -0.538. The first-order chi connectivity index (χ1) is 6.62. The third-order valence-corrected chi connectivity index (χ3v) is 4.45. The predicted molar refractivity (Wildman–Crippen MR) is 56.9 cm³/mol. The van der Waals surface area contributed by atoms with Crippen molar-refractivity contribution in [3.63, 3.8) is 0 Å². The highest BCUT2D eigenvalue weighted by Gasteiger charge is 2.57. The molecule has 2 aliphatic rings. The summed E-state index contributed by atoms with van der Waals surface area (Å²) in [6.07, 6.45) is 4.41. The molecule has 1 aliphatic heterocycles. The van der Waals surface area contributed by atoms with Crippen LogP contribution >= 0.6 is 0 Å². The molecule has 0 amide bonds. The van der Waals surface area contributed by atoms with Gasteiger partial charge in [0.25, 0.3) is 0 Å². The summed E-state index contributed by atoms with van der Waals surface area (Å²) in [5, 5.41) is 14.0. The summed E-state index contributed by atoms with van der Waals surface area (Å²) in [5.41, 5.74) is 5.30. The SMILES string of the molecule is CC(O)(C1CCNCC1)C1(CN)CC1. The summed E-state index contributed by atoms with van der Waals surface area (Å²) in [4.78, 5) is 0. The molecule has 0 aromatic carbocycles. The molecule has 4 N–H and O–H groups in total. The Kier molecular flexibility index (Phi) is 2.58. The van der Waals surface area contributed by atoms with Crippen LogP contribution in [0.25, 0.3) is 0 Å². The van der Waals surface area contributed by atoms with Gasteiger partial charge < -0.3 is 16.2 Å². The second-order valence-electron chi connectivity index (χ2n) is 5.16. The summed E-state index contributed by atoms with van der Waals surface area (Å²) in [5.74, 6) is 0.440. The zero-order chi connectivity index (χ0) is 10.2. The van der Waals surface area contributed by atoms with Crippen LogP contribution in [0, 0.1) is 11.3 Å². The maximum atomic E-state index is 10.6. The maximum absolute atomic E-state index is 10.6. The van der Waals surface area contributed by atoms with Crippen molar-refractivity contribution in [3.05, 3.63) is 0 Å². The lowest BCUT2D eigenvalue weighted by Gasteiger charge is -2.41. The Morgan fingerprint density at radius 3 is 2.43 bits per heavy atom. The molecule has 1 heterocycles. The molecule has 1 aliphatic carbocycles. The van der Waals surface area contributed by atoms with Gasteiger partial charge in [0.05, 0.1) is 5.60 Å². The highest BCUT2D eigenvalue weighted by Crippen LogP contribution is 2.56. The van der Waals surface area contributed by atoms with Gasteiger partial charge in [-0.3, -0.25) is 0 Å². The third kappa shape index (κ3) is 1.47. The topological polar surface area (TPSA) is 58.3 Å². The highest BCUT2D eigenvalue weighted by molar-refractivity contribution is 5.09. The van der Waals surface area contributed by atoms with E-state index in [-0.39, 0.29) is 5.41 Å². The fourth-order valence-electron chi connectivity index (χ4n) is 2.88. The average molecular weight is 198 g/mol. The van der Waals surface area contributed by atoms with Crippen molar-refractivity contribution in [1.82, 2.24) is 5.32 Å². The van der Waals surface area contributed by atoms with Gasteiger partial charge in [-0.05, 0) is 51.6 Å². The van der Waals surface area contributed by atoms with Gasteiger partial charge in [0.15, 0.2) is 0 Å². The van der Waals surface area contributed by atoms with Crippen LogP contribution in [-0.2, 0) is 0 Å². The maximum Gasteiger partial charge on any atom is 0.0716 e. The average Bonchev–Trinajstić information content (AvgIpc) is 3.00. The molecule has 0 radical (unpaired) electrons. The Balaban J connectivity index is 2.06. The molecule has 2 fully saturated rings. The first-order valence-electron chi connectivity index (χ1n) is 5.75. The monoisotopic (exact) mass is 198 g/mol. The molecule has 0 aromatic heterocycles. The molecule has 2 rings (SSSR count). The van der Waals surface area contributed by atoms with Crippen LogP contribution < -0.4 is 11.1 Å². The lowest BCUT2D eigenvalue weighted by molar-refractivity contribution is -0.0730. The third-order valence-electron chi connectivity index (χ3n) is 4.45. The van der Waals surface area contributed by atoms with Crippen LogP contribution in [0.5, 0.6) is 0 Å². The van der Waals surface area contributed by atoms with Gasteiger partial charge in [-0.15, -0.1) is 0 Å². The number of hydrogen-bond acceptors (Lipinski definition) is 3. The summed E-state index contributed by atoms with van der Waals surface area (Å²) < 4.78 is 0. The van der Waals surface area contributed by atoms with Gasteiger partial charge in [-0.1, -0.05) is 0 Å². The minimum absolute atomic E-state index is 0.0506. The van der Waals surface area contributed by atoms with Gasteiger partial charge in [0.2, 0.25) is 0 Å². The van der Waals surface area contributed by atoms with E-state index in [4.69, 9.17) is 5.73 Å². The van der Waals surface area contributed by atoms with Crippen molar-refractivity contribution < 1.29 is 5.11 Å². The van der Waals surface area contributed by atoms with Gasteiger partial charge in [0, 0.05) is 12.0 Å². The summed E-state index contributed by atoms with van der Waals surface area (Å²) in [6.45, 7) is 4.73. The molecular weight excluding hydrogens is 176 g/mol. The molecule has 1 saturated carbocycles. The number of rotatable bonds is 3. The van der Waals surface area contributed by atoms with Crippen LogP contribution in [-0.4, -0.2) is 30.3 Å². The number of hydrogen-bond donors (Lipinski definition) is 3. The van der Waals surface area contributed by atoms with Crippen molar-refractivity contribution in [2.24, 2.45) is 17.1 Å². The van der Waals surface area contributed by atoms with Crippen molar-refractivity contribution >= 4 is 0 Å². The molecule has 0 aromatic rings. The van der Waals surface area contributed by atoms with E-state index < -0.39 is 5.60 Å². The molecule has 14 heavy (non-hydrogen) atoms. The fourth-order valence-corrected chi connectivity index (χ4v) is 2.88. The van der Waals surface area contributed by atoms with Crippen LogP contribution in [0.1, 0.15) is 32.6 Å². The quantitative estimate of drug-likeness (QED) is 0.618. The largest absolute Gasteiger partial charge is 0.389 e. The lowest BCUT2D eigenvalue weighted by Crippen LogP contribution is -2.50. The Bertz CT molecular complexity index is 205. The number of nitrogens with two attached hydrogens (primary N) is 1. The van der Waals surface area contributed by atoms with E-state index >= 15 is 0 Å². The highest BCUT2D eigenvalue weighted by atomic mass is 16.3. The molecule has 0 bridgehead atoms. The number of piperidine rings is 1. The van der Waals surface area contributed by atoms with E-state index in [2.05, 4.69) is 5.32 Å². The first-order valence-corrected chi connectivity index (χ1v) is 5.75. The number of aliphatic hydroxyl groups is 1. The lowest BCUT2D eigenvalue weighted by atomic mass is 9.72. The molecule has 1 unspecified atom stereocenters. The predicted octanol–water partition coefficient (Wildman–Crippen LogP) is 0.476. The van der Waals surface area contributed by atoms with Crippen LogP contribution in [0.2, 0.25) is 0 Å². The number of nitrogens with one attached hydrogen (secondary N) is 1. The molecule has 3 heteroatoms. The van der Waals surface area contributed by atoms with Crippen LogP contribution in [0.15, 0.2) is 0 Å². The van der Waals surface area contributed by atoms with E-state index in [1.165, 1.54) is 0 Å². The zero-order valence-electron chi connectivity index (χ0n) is 9.05. The van der Waals surface area contributed by atoms with Gasteiger partial charge >= 0.3 is 0 Å². The van der Waals surface area contributed by atoms with E-state index in [1.54, 1.807) is 0 Å². The molecule has 0 spiro atoms. The summed E-state index contributed by atoms with van der Waals surface area (Å²) in [6, 6.07) is 0. The van der Waals surface area contributed by atoms with Crippen molar-refractivity contribution in [2.75, 3.05) is 19.6 Å². The second kappa shape index (κ2) is 3.47. The van der Waals surface area contributed by atoms with Gasteiger partial charge in [-0.2, -0.15) is 0 Å². The van der Waals surface area contributed by atoms with E-state index in [9.17, 15) is 5.11 Å². The Morgan fingerprint density at radius 2 is 2.00 bits per heavy atom. The van der Waals surface area contributed by atoms with Crippen molar-refractivity contribution in [3.8, 4) is 0 Å². The zero-order valence-corrected chi connectivity index (χ0v) is 9.05.